The molecule has 1 saturated carbocycles. The van der Waals surface area contributed by atoms with E-state index in [2.05, 4.69) is 10.6 Å². The summed E-state index contributed by atoms with van der Waals surface area (Å²) in [6.45, 7) is 8.45. The van der Waals surface area contributed by atoms with Crippen LogP contribution < -0.4 is 16.0 Å². The van der Waals surface area contributed by atoms with Gasteiger partial charge in [-0.15, -0.1) is 0 Å². The highest BCUT2D eigenvalue weighted by Gasteiger charge is 2.68. The van der Waals surface area contributed by atoms with Crippen LogP contribution in [0.3, 0.4) is 0 Å². The molecule has 4 amide bonds. The summed E-state index contributed by atoms with van der Waals surface area (Å²) >= 11 is 0. The highest BCUT2D eigenvalue weighted by atomic mass is 19.4. The van der Waals surface area contributed by atoms with Crippen molar-refractivity contribution in [3.05, 3.63) is 0 Å². The van der Waals surface area contributed by atoms with Crippen molar-refractivity contribution in [1.82, 2.24) is 20.9 Å². The van der Waals surface area contributed by atoms with Crippen LogP contribution in [-0.4, -0.2) is 83.4 Å². The summed E-state index contributed by atoms with van der Waals surface area (Å²) in [7, 11) is 0. The summed E-state index contributed by atoms with van der Waals surface area (Å²) in [6, 6.07) is -3.23. The monoisotopic (exact) mass is 546 g/mol. The number of Topliss-reactive ketones (excluding diaryl/α,β-unsaturated/α-hetero) is 1. The highest BCUT2D eigenvalue weighted by Crippen LogP contribution is 2.65. The largest absolute Gasteiger partial charge is 0.471 e. The highest BCUT2D eigenvalue weighted by molar-refractivity contribution is 5.93. The van der Waals surface area contributed by atoms with E-state index in [1.807, 2.05) is 19.2 Å². The van der Waals surface area contributed by atoms with E-state index < -0.39 is 65.7 Å². The quantitative estimate of drug-likeness (QED) is 0.332. The Bertz CT molecular complexity index is 993. The Morgan fingerprint density at radius 2 is 1.79 bits per heavy atom. The summed E-state index contributed by atoms with van der Waals surface area (Å²) in [5.41, 5.74) is -1.25. The van der Waals surface area contributed by atoms with E-state index in [1.54, 1.807) is 20.8 Å². The lowest BCUT2D eigenvalue weighted by atomic mass is 9.85. The third kappa shape index (κ3) is 6.13. The van der Waals surface area contributed by atoms with Crippen molar-refractivity contribution in [2.24, 2.45) is 28.6 Å². The predicted octanol–water partition coefficient (Wildman–Crippen LogP) is 0.525. The number of rotatable bonds is 9. The Morgan fingerprint density at radius 3 is 2.29 bits per heavy atom. The lowest BCUT2D eigenvalue weighted by molar-refractivity contribution is -0.176. The fourth-order valence-corrected chi connectivity index (χ4v) is 5.94. The molecule has 13 heteroatoms. The van der Waals surface area contributed by atoms with Gasteiger partial charge in [0.2, 0.25) is 17.7 Å². The number of hydrogen-bond acceptors (Lipinski definition) is 6. The van der Waals surface area contributed by atoms with Gasteiger partial charge in [-0.25, -0.2) is 0 Å². The van der Waals surface area contributed by atoms with Crippen LogP contribution >= 0.6 is 0 Å². The number of alkyl halides is 3. The second-order valence-corrected chi connectivity index (χ2v) is 12.2. The molecule has 214 valence electrons. The summed E-state index contributed by atoms with van der Waals surface area (Å²) in [4.78, 5) is 64.0. The number of nitrogens with one attached hydrogen (secondary N) is 3. The Morgan fingerprint density at radius 1 is 1.16 bits per heavy atom. The van der Waals surface area contributed by atoms with Crippen molar-refractivity contribution < 1.29 is 42.3 Å². The molecule has 1 aliphatic carbocycles. The first-order chi connectivity index (χ1) is 17.4. The van der Waals surface area contributed by atoms with Crippen LogP contribution in [0.4, 0.5) is 13.2 Å². The third-order valence-corrected chi connectivity index (χ3v) is 8.23. The summed E-state index contributed by atoms with van der Waals surface area (Å²) in [6.07, 6.45) is -4.86. The number of hydrogen-bond donors (Lipinski definition) is 4. The predicted molar refractivity (Wildman–Crippen MR) is 128 cm³/mol. The minimum absolute atomic E-state index is 0.0252. The van der Waals surface area contributed by atoms with Gasteiger partial charge in [0.25, 0.3) is 0 Å². The van der Waals surface area contributed by atoms with Crippen LogP contribution in [0.2, 0.25) is 0 Å². The van der Waals surface area contributed by atoms with Gasteiger partial charge in [0.1, 0.15) is 12.6 Å². The Balaban J connectivity index is 1.77. The van der Waals surface area contributed by atoms with Crippen molar-refractivity contribution in [1.29, 1.82) is 0 Å². The van der Waals surface area contributed by atoms with Gasteiger partial charge in [0, 0.05) is 31.5 Å². The Kier molecular flexibility index (Phi) is 8.22. The molecule has 0 aromatic rings. The zero-order chi connectivity index (χ0) is 28.8. The molecule has 3 fully saturated rings. The summed E-state index contributed by atoms with van der Waals surface area (Å²) in [5.74, 6) is -4.94. The van der Waals surface area contributed by atoms with Gasteiger partial charge in [0.15, 0.2) is 5.78 Å². The molecule has 6 atom stereocenters. The number of fused-ring (bicyclic) bond motifs is 1. The van der Waals surface area contributed by atoms with E-state index in [9.17, 15) is 42.3 Å². The minimum Gasteiger partial charge on any atom is -0.389 e. The smallest absolute Gasteiger partial charge is 0.389 e. The second-order valence-electron chi connectivity index (χ2n) is 12.2. The molecular formula is C25H37F3N4O6. The van der Waals surface area contributed by atoms with Crippen LogP contribution in [0.25, 0.3) is 0 Å². The molecule has 4 N–H and O–H groups in total. The summed E-state index contributed by atoms with van der Waals surface area (Å²) < 4.78 is 38.9. The number of halogens is 3. The summed E-state index contributed by atoms with van der Waals surface area (Å²) in [5, 5.41) is 16.5. The molecule has 0 spiro atoms. The van der Waals surface area contributed by atoms with Crippen molar-refractivity contribution in [3.8, 4) is 0 Å². The molecule has 3 rings (SSSR count). The fraction of sp³-hybridized carbons (Fsp3) is 0.800. The first-order valence-electron chi connectivity index (χ1n) is 12.8. The maximum Gasteiger partial charge on any atom is 0.471 e. The van der Waals surface area contributed by atoms with E-state index in [-0.39, 0.29) is 42.5 Å². The molecule has 38 heavy (non-hydrogen) atoms. The third-order valence-electron chi connectivity index (χ3n) is 8.23. The lowest BCUT2D eigenvalue weighted by Crippen LogP contribution is -2.59. The minimum atomic E-state index is -5.16. The van der Waals surface area contributed by atoms with Crippen molar-refractivity contribution >= 4 is 29.4 Å². The molecule has 0 bridgehead atoms. The van der Waals surface area contributed by atoms with Crippen LogP contribution in [0.1, 0.15) is 53.9 Å². The molecule has 2 heterocycles. The van der Waals surface area contributed by atoms with Gasteiger partial charge >= 0.3 is 12.1 Å². The molecule has 0 unspecified atom stereocenters. The van der Waals surface area contributed by atoms with Gasteiger partial charge < -0.3 is 26.0 Å². The zero-order valence-electron chi connectivity index (χ0n) is 22.3. The second kappa shape index (κ2) is 10.5. The van der Waals surface area contributed by atoms with Crippen molar-refractivity contribution in [2.75, 3.05) is 19.7 Å². The lowest BCUT2D eigenvalue weighted by Gasteiger charge is -2.38. The molecule has 0 aromatic heterocycles. The maximum atomic E-state index is 13.5. The topological polar surface area (TPSA) is 145 Å². The van der Waals surface area contributed by atoms with E-state index in [0.29, 0.717) is 13.0 Å². The van der Waals surface area contributed by atoms with Crippen LogP contribution in [-0.2, 0) is 24.0 Å². The normalized spacial score (nSPS) is 27.7. The SMILES string of the molecule is CC(C)(C)[C@H](NC(=O)C(F)(F)F)C(=O)N1C[C@H]2[C@@H]([C@H]1CC(=O)N[C@@H](C[C@@H]1CCNC1=O)C(=O)CO)C2(C)C. The van der Waals surface area contributed by atoms with Crippen LogP contribution in [0.5, 0.6) is 0 Å². The average molecular weight is 547 g/mol. The Labute approximate surface area is 219 Å². The number of piperidine rings is 1. The zero-order valence-corrected chi connectivity index (χ0v) is 22.3. The van der Waals surface area contributed by atoms with Crippen molar-refractivity contribution in [3.63, 3.8) is 0 Å². The number of nitrogens with zero attached hydrogens (tertiary/aromatic N) is 1. The van der Waals surface area contributed by atoms with E-state index in [4.69, 9.17) is 0 Å². The number of aliphatic hydroxyl groups excluding tert-OH is 1. The average Bonchev–Trinajstić information content (AvgIpc) is 3.11. The standard InChI is InChI=1S/C25H37F3N4O6/c1-23(2,3)19(31-22(38)25(26,27)28)21(37)32-10-13-18(24(13,4)5)15(32)9-17(35)30-14(16(34)11-33)8-12-6-7-29-20(12)36/h12-15,18-19,33H,6-11H2,1-5H3,(H,29,36)(H,30,35)(H,31,38)/t12-,13-,14-,15+,18-,19+/m0/s1. The molecule has 0 aromatic carbocycles. The molecule has 3 aliphatic rings. The fourth-order valence-electron chi connectivity index (χ4n) is 5.94. The molecule has 10 nitrogen and oxygen atoms in total. The molecule has 2 aliphatic heterocycles. The molecular weight excluding hydrogens is 509 g/mol. The number of amides is 4. The first kappa shape index (κ1) is 29.9. The van der Waals surface area contributed by atoms with Gasteiger partial charge in [-0.05, 0) is 35.5 Å². The van der Waals surface area contributed by atoms with E-state index in [1.165, 1.54) is 4.90 Å². The number of carbonyl (C=O) groups excluding carboxylic acids is 5. The van der Waals surface area contributed by atoms with Gasteiger partial charge in [-0.1, -0.05) is 34.6 Å². The van der Waals surface area contributed by atoms with E-state index >= 15 is 0 Å². The first-order valence-corrected chi connectivity index (χ1v) is 12.8. The van der Waals surface area contributed by atoms with Gasteiger partial charge in [-0.2, -0.15) is 13.2 Å². The number of carbonyl (C=O) groups is 5. The van der Waals surface area contributed by atoms with Crippen LogP contribution in [0, 0.1) is 28.6 Å². The molecule has 2 saturated heterocycles. The van der Waals surface area contributed by atoms with Gasteiger partial charge in [0.05, 0.1) is 6.04 Å². The maximum absolute atomic E-state index is 13.5. The number of likely N-dealkylation sites (tertiary alicyclic amines) is 1. The number of aliphatic hydroxyl groups is 1. The van der Waals surface area contributed by atoms with Gasteiger partial charge in [-0.3, -0.25) is 24.0 Å². The van der Waals surface area contributed by atoms with Crippen molar-refractivity contribution in [2.45, 2.75) is 78.2 Å². The van der Waals surface area contributed by atoms with Crippen LogP contribution in [0.15, 0.2) is 0 Å². The molecule has 0 radical (unpaired) electrons. The number of ketones is 1. The van der Waals surface area contributed by atoms with E-state index in [0.717, 1.165) is 0 Å². The Hall–Kier alpha value is -2.70.